The molecule has 5 heteroatoms. The second-order valence-electron chi connectivity index (χ2n) is 4.16. The van der Waals surface area contributed by atoms with Gasteiger partial charge in [0.05, 0.1) is 0 Å². The van der Waals surface area contributed by atoms with Gasteiger partial charge in [0.25, 0.3) is 0 Å². The van der Waals surface area contributed by atoms with E-state index in [1.807, 2.05) is 0 Å². The average molecular weight is 250 g/mol. The minimum atomic E-state index is -1.09. The quantitative estimate of drug-likeness (QED) is 0.292. The van der Waals surface area contributed by atoms with Gasteiger partial charge in [-0.2, -0.15) is 0 Å². The summed E-state index contributed by atoms with van der Waals surface area (Å²) in [6.07, 6.45) is 1.67. The van der Waals surface area contributed by atoms with Gasteiger partial charge in [0.15, 0.2) is 5.78 Å². The highest BCUT2D eigenvalue weighted by atomic mass is 16.4. The molecule has 0 aromatic heterocycles. The van der Waals surface area contributed by atoms with Crippen LogP contribution < -0.4 is 11.5 Å². The number of carbonyl (C=O) groups is 2. The van der Waals surface area contributed by atoms with Crippen molar-refractivity contribution in [3.05, 3.63) is 29.8 Å². The fourth-order valence-electron chi connectivity index (χ4n) is 1.71. The SMILES string of the molecule is NCCCCC(C(=O)O)C(=O)c1ccc(N)cc1. The number of anilines is 1. The van der Waals surface area contributed by atoms with E-state index in [-0.39, 0.29) is 5.78 Å². The number of ketones is 1. The van der Waals surface area contributed by atoms with Crippen LogP contribution in [-0.2, 0) is 4.79 Å². The predicted molar refractivity (Wildman–Crippen MR) is 69.2 cm³/mol. The molecule has 0 saturated heterocycles. The van der Waals surface area contributed by atoms with Crippen molar-refractivity contribution in [1.29, 1.82) is 0 Å². The summed E-state index contributed by atoms with van der Waals surface area (Å²) in [5.74, 6) is -2.46. The highest BCUT2D eigenvalue weighted by Crippen LogP contribution is 2.17. The van der Waals surface area contributed by atoms with Gasteiger partial charge in [0.2, 0.25) is 0 Å². The molecule has 0 aliphatic heterocycles. The summed E-state index contributed by atoms with van der Waals surface area (Å²) in [6.45, 7) is 0.502. The fourth-order valence-corrected chi connectivity index (χ4v) is 1.71. The number of nitrogen functional groups attached to an aromatic ring is 1. The number of Topliss-reactive ketones (excluding diaryl/α,β-unsaturated/α-hetero) is 1. The van der Waals surface area contributed by atoms with Gasteiger partial charge in [-0.15, -0.1) is 0 Å². The third-order valence-corrected chi connectivity index (χ3v) is 2.76. The van der Waals surface area contributed by atoms with Crippen molar-refractivity contribution in [2.75, 3.05) is 12.3 Å². The van der Waals surface area contributed by atoms with E-state index in [1.54, 1.807) is 24.3 Å². The maximum atomic E-state index is 12.0. The molecule has 1 rings (SSSR count). The minimum absolute atomic E-state index is 0.315. The molecule has 0 aliphatic rings. The van der Waals surface area contributed by atoms with E-state index < -0.39 is 11.9 Å². The molecule has 18 heavy (non-hydrogen) atoms. The molecule has 5 nitrogen and oxygen atoms in total. The molecule has 0 fully saturated rings. The van der Waals surface area contributed by atoms with Gasteiger partial charge in [-0.1, -0.05) is 6.42 Å². The molecular formula is C13H18N2O3. The lowest BCUT2D eigenvalue weighted by Gasteiger charge is -2.11. The zero-order valence-corrected chi connectivity index (χ0v) is 10.1. The van der Waals surface area contributed by atoms with Gasteiger partial charge in [0.1, 0.15) is 5.92 Å². The first-order valence-corrected chi connectivity index (χ1v) is 5.89. The molecule has 1 atom stereocenters. The predicted octanol–water partition coefficient (Wildman–Crippen LogP) is 1.28. The number of carbonyl (C=O) groups excluding carboxylic acids is 1. The number of benzene rings is 1. The highest BCUT2D eigenvalue weighted by molar-refractivity contribution is 6.08. The van der Waals surface area contributed by atoms with Crippen LogP contribution in [0.2, 0.25) is 0 Å². The van der Waals surface area contributed by atoms with Crippen LogP contribution in [0.15, 0.2) is 24.3 Å². The standard InChI is InChI=1S/C13H18N2O3/c14-8-2-1-3-11(13(17)18)12(16)9-4-6-10(15)7-5-9/h4-7,11H,1-3,8,14-15H2,(H,17,18). The van der Waals surface area contributed by atoms with Crippen molar-refractivity contribution in [1.82, 2.24) is 0 Å². The Balaban J connectivity index is 2.76. The average Bonchev–Trinajstić information content (AvgIpc) is 2.34. The first kappa shape index (κ1) is 14.2. The maximum Gasteiger partial charge on any atom is 0.314 e. The Labute approximate surface area is 106 Å². The van der Waals surface area contributed by atoms with Crippen LogP contribution >= 0.6 is 0 Å². The number of carboxylic acid groups (broad SMARTS) is 1. The second kappa shape index (κ2) is 6.76. The molecule has 5 N–H and O–H groups in total. The van der Waals surface area contributed by atoms with E-state index in [1.165, 1.54) is 0 Å². The molecule has 98 valence electrons. The largest absolute Gasteiger partial charge is 0.481 e. The van der Waals surface area contributed by atoms with Crippen molar-refractivity contribution < 1.29 is 14.7 Å². The van der Waals surface area contributed by atoms with Crippen LogP contribution in [0, 0.1) is 5.92 Å². The minimum Gasteiger partial charge on any atom is -0.481 e. The molecule has 1 unspecified atom stereocenters. The lowest BCUT2D eigenvalue weighted by molar-refractivity contribution is -0.140. The van der Waals surface area contributed by atoms with Crippen LogP contribution in [0.3, 0.4) is 0 Å². The molecule has 0 amide bonds. The topological polar surface area (TPSA) is 106 Å². The molecule has 1 aromatic carbocycles. The maximum absolute atomic E-state index is 12.0. The lowest BCUT2D eigenvalue weighted by atomic mass is 9.92. The van der Waals surface area contributed by atoms with Crippen molar-refractivity contribution >= 4 is 17.4 Å². The fraction of sp³-hybridized carbons (Fsp3) is 0.385. The van der Waals surface area contributed by atoms with Gasteiger partial charge in [-0.25, -0.2) is 0 Å². The number of hydrogen-bond acceptors (Lipinski definition) is 4. The summed E-state index contributed by atoms with van der Waals surface area (Å²) in [7, 11) is 0. The number of rotatable bonds is 7. The van der Waals surface area contributed by atoms with E-state index in [9.17, 15) is 9.59 Å². The number of aliphatic carboxylic acids is 1. The van der Waals surface area contributed by atoms with Gasteiger partial charge in [-0.05, 0) is 43.7 Å². The zero-order valence-electron chi connectivity index (χ0n) is 10.1. The van der Waals surface area contributed by atoms with Crippen LogP contribution in [0.1, 0.15) is 29.6 Å². The molecule has 1 aromatic rings. The first-order chi connectivity index (χ1) is 8.56. The Kier molecular flexibility index (Phi) is 5.32. The number of hydrogen-bond donors (Lipinski definition) is 3. The normalized spacial score (nSPS) is 12.1. The molecule has 0 saturated carbocycles. The van der Waals surface area contributed by atoms with E-state index in [0.717, 1.165) is 6.42 Å². The van der Waals surface area contributed by atoms with E-state index in [0.29, 0.717) is 30.6 Å². The summed E-state index contributed by atoms with van der Waals surface area (Å²) in [6, 6.07) is 6.28. The van der Waals surface area contributed by atoms with Crippen molar-refractivity contribution in [3.63, 3.8) is 0 Å². The second-order valence-corrected chi connectivity index (χ2v) is 4.16. The molecule has 0 heterocycles. The number of nitrogens with two attached hydrogens (primary N) is 2. The third kappa shape index (κ3) is 3.85. The Hall–Kier alpha value is -1.88. The summed E-state index contributed by atoms with van der Waals surface area (Å²) >= 11 is 0. The lowest BCUT2D eigenvalue weighted by Crippen LogP contribution is -2.24. The Morgan fingerprint density at radius 3 is 2.28 bits per heavy atom. The van der Waals surface area contributed by atoms with Gasteiger partial charge in [0, 0.05) is 11.3 Å². The third-order valence-electron chi connectivity index (χ3n) is 2.76. The molecule has 0 bridgehead atoms. The van der Waals surface area contributed by atoms with Crippen molar-refractivity contribution in [3.8, 4) is 0 Å². The summed E-state index contributed by atoms with van der Waals surface area (Å²) < 4.78 is 0. The number of unbranched alkanes of at least 4 members (excludes halogenated alkanes) is 1. The van der Waals surface area contributed by atoms with Gasteiger partial charge < -0.3 is 16.6 Å². The summed E-state index contributed by atoms with van der Waals surface area (Å²) in [5, 5.41) is 9.08. The van der Waals surface area contributed by atoms with Crippen LogP contribution in [0.25, 0.3) is 0 Å². The number of carboxylic acids is 1. The van der Waals surface area contributed by atoms with Crippen molar-refractivity contribution in [2.45, 2.75) is 19.3 Å². The van der Waals surface area contributed by atoms with Crippen LogP contribution in [-0.4, -0.2) is 23.4 Å². The monoisotopic (exact) mass is 250 g/mol. The first-order valence-electron chi connectivity index (χ1n) is 5.89. The van der Waals surface area contributed by atoms with Crippen LogP contribution in [0.5, 0.6) is 0 Å². The molecular weight excluding hydrogens is 232 g/mol. The van der Waals surface area contributed by atoms with Gasteiger partial charge >= 0.3 is 5.97 Å². The Bertz CT molecular complexity index is 415. The summed E-state index contributed by atoms with van der Waals surface area (Å²) in [4.78, 5) is 23.1. The Morgan fingerprint density at radius 2 is 1.78 bits per heavy atom. The van der Waals surface area contributed by atoms with E-state index >= 15 is 0 Å². The van der Waals surface area contributed by atoms with E-state index in [2.05, 4.69) is 0 Å². The molecule has 0 aliphatic carbocycles. The molecule has 0 spiro atoms. The molecule has 0 radical (unpaired) electrons. The van der Waals surface area contributed by atoms with Crippen molar-refractivity contribution in [2.24, 2.45) is 11.7 Å². The van der Waals surface area contributed by atoms with Gasteiger partial charge in [-0.3, -0.25) is 9.59 Å². The summed E-state index contributed by atoms with van der Waals surface area (Å²) in [5.41, 5.74) is 11.8. The smallest absolute Gasteiger partial charge is 0.314 e. The highest BCUT2D eigenvalue weighted by Gasteiger charge is 2.26. The van der Waals surface area contributed by atoms with Crippen LogP contribution in [0.4, 0.5) is 5.69 Å². The van der Waals surface area contributed by atoms with E-state index in [4.69, 9.17) is 16.6 Å². The zero-order chi connectivity index (χ0) is 13.5. The Morgan fingerprint density at radius 1 is 1.17 bits per heavy atom.